The quantitative estimate of drug-likeness (QED) is 0.759. The molecule has 4 heteroatoms. The van der Waals surface area contributed by atoms with Gasteiger partial charge in [-0.2, -0.15) is 18.2 Å². The van der Waals surface area contributed by atoms with Crippen molar-refractivity contribution < 1.29 is 22.4 Å². The summed E-state index contributed by atoms with van der Waals surface area (Å²) < 4.78 is 8.22. The summed E-state index contributed by atoms with van der Waals surface area (Å²) in [6.45, 7) is 6.23. The van der Waals surface area contributed by atoms with Crippen molar-refractivity contribution in [1.29, 1.82) is 0 Å². The Morgan fingerprint density at radius 3 is 2.47 bits per heavy atom. The maximum atomic E-state index is 8.22. The van der Waals surface area contributed by atoms with E-state index in [1.165, 1.54) is 12.1 Å². The summed E-state index contributed by atoms with van der Waals surface area (Å²) in [6.07, 6.45) is 6.18. The molecule has 0 amide bonds. The van der Waals surface area contributed by atoms with Gasteiger partial charge in [-0.1, -0.05) is 25.3 Å². The predicted octanol–water partition coefficient (Wildman–Crippen LogP) is 4.07. The molecule has 0 radical (unpaired) electrons. The SMILES string of the molecule is [CH2-]CC(CC)C(SC)c1ccccn1.[CH3-].[O]=[Tc+2]. The van der Waals surface area contributed by atoms with Gasteiger partial charge in [0, 0.05) is 11.4 Å². The van der Waals surface area contributed by atoms with Crippen LogP contribution in [-0.2, 0) is 22.4 Å². The van der Waals surface area contributed by atoms with Crippen LogP contribution in [-0.4, -0.2) is 11.2 Å². The first-order chi connectivity index (χ1) is 7.83. The van der Waals surface area contributed by atoms with Crippen molar-refractivity contribution >= 4 is 11.8 Å². The molecule has 0 aromatic carbocycles. The molecule has 0 aliphatic rings. The van der Waals surface area contributed by atoms with Gasteiger partial charge in [0.05, 0.1) is 5.69 Å². The van der Waals surface area contributed by atoms with E-state index in [1.807, 2.05) is 24.0 Å². The second-order valence-electron chi connectivity index (χ2n) is 3.37. The molecule has 2 nitrogen and oxygen atoms in total. The summed E-state index contributed by atoms with van der Waals surface area (Å²) in [5, 5.41) is 0.499. The van der Waals surface area contributed by atoms with Crippen LogP contribution in [0.15, 0.2) is 24.4 Å². The Morgan fingerprint density at radius 1 is 1.47 bits per heavy atom. The molecule has 17 heavy (non-hydrogen) atoms. The van der Waals surface area contributed by atoms with Gasteiger partial charge in [-0.05, 0) is 18.4 Å². The van der Waals surface area contributed by atoms with Gasteiger partial charge < -0.3 is 14.4 Å². The molecule has 2 atom stereocenters. The number of nitrogens with zero attached hydrogens (tertiary/aromatic N) is 1. The van der Waals surface area contributed by atoms with E-state index in [-0.39, 0.29) is 7.43 Å². The van der Waals surface area contributed by atoms with E-state index in [0.29, 0.717) is 11.2 Å². The monoisotopic (exact) mass is 336 g/mol. The van der Waals surface area contributed by atoms with Crippen molar-refractivity contribution in [2.75, 3.05) is 6.26 Å². The van der Waals surface area contributed by atoms with Crippen LogP contribution in [0.25, 0.3) is 0 Å². The average molecular weight is 337 g/mol. The van der Waals surface area contributed by atoms with Gasteiger partial charge >= 0.3 is 22.4 Å². The van der Waals surface area contributed by atoms with E-state index in [2.05, 4.69) is 37.2 Å². The van der Waals surface area contributed by atoms with Gasteiger partial charge in [-0.25, -0.2) is 0 Å². The van der Waals surface area contributed by atoms with Gasteiger partial charge in [-0.3, -0.25) is 4.98 Å². The summed E-state index contributed by atoms with van der Waals surface area (Å²) in [5.74, 6) is 0.639. The van der Waals surface area contributed by atoms with E-state index in [1.54, 1.807) is 0 Å². The van der Waals surface area contributed by atoms with Crippen molar-refractivity contribution in [3.05, 3.63) is 44.4 Å². The second-order valence-corrected chi connectivity index (χ2v) is 4.35. The fraction of sp³-hybridized carbons (Fsp3) is 0.462. The molecule has 2 unspecified atom stereocenters. The van der Waals surface area contributed by atoms with Gasteiger partial charge in [0.1, 0.15) is 0 Å². The molecule has 1 heterocycles. The standard InChI is InChI=1S/C12H18NS.CH3.O.Tc/c1-4-10(5-2)12(14-3)11-8-6-7-9-13-11;;;/h6-10,12H,1,4-5H2,2-3H3;1H3;;/q2*-1;;+2. The van der Waals surface area contributed by atoms with E-state index < -0.39 is 0 Å². The normalized spacial score (nSPS) is 12.6. The van der Waals surface area contributed by atoms with E-state index in [0.717, 1.165) is 25.3 Å². The van der Waals surface area contributed by atoms with E-state index in [4.69, 9.17) is 3.50 Å². The fourth-order valence-corrected chi connectivity index (χ4v) is 2.76. The topological polar surface area (TPSA) is 30.0 Å². The molecule has 97 valence electrons. The number of rotatable bonds is 5. The predicted molar refractivity (Wildman–Crippen MR) is 71.3 cm³/mol. The zero-order chi connectivity index (χ0) is 12.4. The van der Waals surface area contributed by atoms with Gasteiger partial charge in [0.25, 0.3) is 0 Å². The zero-order valence-corrected chi connectivity index (χ0v) is 13.4. The van der Waals surface area contributed by atoms with Gasteiger partial charge in [0.2, 0.25) is 0 Å². The van der Waals surface area contributed by atoms with Crippen LogP contribution in [0, 0.1) is 20.3 Å². The molecule has 0 N–H and O–H groups in total. The van der Waals surface area contributed by atoms with Gasteiger partial charge in [0.15, 0.2) is 0 Å². The van der Waals surface area contributed by atoms with E-state index >= 15 is 0 Å². The van der Waals surface area contributed by atoms with Crippen LogP contribution >= 0.6 is 11.8 Å². The Hall–Kier alpha value is -0.0506. The third kappa shape index (κ3) is 6.44. The first-order valence-corrected chi connectivity index (χ1v) is 7.26. The van der Waals surface area contributed by atoms with E-state index in [9.17, 15) is 0 Å². The van der Waals surface area contributed by atoms with Crippen LogP contribution in [0.5, 0.6) is 0 Å². The third-order valence-electron chi connectivity index (χ3n) is 2.56. The Labute approximate surface area is 120 Å². The van der Waals surface area contributed by atoms with Crippen LogP contribution in [0.1, 0.15) is 30.7 Å². The number of hydrogen-bond acceptors (Lipinski definition) is 3. The Morgan fingerprint density at radius 2 is 2.12 bits per heavy atom. The summed E-state index contributed by atoms with van der Waals surface area (Å²) in [4.78, 5) is 4.42. The zero-order valence-electron chi connectivity index (χ0n) is 10.7. The number of hydrogen-bond donors (Lipinski definition) is 0. The molecule has 0 bridgehead atoms. The molecular formula is C13H21NOSTc. The van der Waals surface area contributed by atoms with Crippen molar-refractivity contribution in [2.45, 2.75) is 25.0 Å². The first kappa shape index (κ1) is 19.3. The van der Waals surface area contributed by atoms with Crippen molar-refractivity contribution in [3.8, 4) is 0 Å². The minimum atomic E-state index is 0. The number of pyridine rings is 1. The molecule has 1 aromatic rings. The first-order valence-electron chi connectivity index (χ1n) is 5.21. The van der Waals surface area contributed by atoms with Crippen LogP contribution in [0.4, 0.5) is 0 Å². The van der Waals surface area contributed by atoms with Crippen molar-refractivity contribution in [2.24, 2.45) is 5.92 Å². The molecule has 0 saturated heterocycles. The minimum absolute atomic E-state index is 0. The second kappa shape index (κ2) is 12.4. The van der Waals surface area contributed by atoms with Gasteiger partial charge in [-0.15, -0.1) is 0 Å². The van der Waals surface area contributed by atoms with Crippen LogP contribution < -0.4 is 0 Å². The Bertz CT molecular complexity index is 267. The maximum absolute atomic E-state index is 8.22. The summed E-state index contributed by atoms with van der Waals surface area (Å²) in [6, 6.07) is 6.13. The molecule has 0 saturated carbocycles. The third-order valence-corrected chi connectivity index (χ3v) is 3.69. The molecule has 1 aromatic heterocycles. The molecule has 0 aliphatic heterocycles. The fourth-order valence-electron chi connectivity index (χ4n) is 1.67. The molecule has 0 spiro atoms. The molecule has 0 aliphatic carbocycles. The van der Waals surface area contributed by atoms with Crippen LogP contribution in [0.2, 0.25) is 0 Å². The Kier molecular flexibility index (Phi) is 14.1. The summed E-state index contributed by atoms with van der Waals surface area (Å²) >= 11 is 2.78. The van der Waals surface area contributed by atoms with Crippen molar-refractivity contribution in [3.63, 3.8) is 0 Å². The van der Waals surface area contributed by atoms with Crippen LogP contribution in [0.3, 0.4) is 0 Å². The average Bonchev–Trinajstić information content (AvgIpc) is 2.39. The number of aromatic nitrogens is 1. The van der Waals surface area contributed by atoms with Crippen molar-refractivity contribution in [1.82, 2.24) is 4.98 Å². The molecular weight excluding hydrogens is 316 g/mol. The number of thioether (sulfide) groups is 1. The summed E-state index contributed by atoms with van der Waals surface area (Å²) in [5.41, 5.74) is 1.19. The Balaban J connectivity index is 0. The molecule has 0 fully saturated rings. The molecule has 1 rings (SSSR count). The summed E-state index contributed by atoms with van der Waals surface area (Å²) in [7, 11) is 0.